The first-order chi connectivity index (χ1) is 7.74. The molecule has 2 aromatic rings. The van der Waals surface area contributed by atoms with E-state index in [1.54, 1.807) is 6.07 Å². The van der Waals surface area contributed by atoms with Gasteiger partial charge in [0.1, 0.15) is 12.4 Å². The zero-order chi connectivity index (χ0) is 11.4. The summed E-state index contributed by atoms with van der Waals surface area (Å²) in [5.74, 6) is 0.768. The molecule has 0 aliphatic rings. The highest BCUT2D eigenvalue weighted by Gasteiger charge is 1.96. The second-order valence-electron chi connectivity index (χ2n) is 3.49. The van der Waals surface area contributed by atoms with Gasteiger partial charge < -0.3 is 10.5 Å². The largest absolute Gasteiger partial charge is 0.489 e. The maximum atomic E-state index is 5.85. The van der Waals surface area contributed by atoms with E-state index in [9.17, 15) is 0 Å². The summed E-state index contributed by atoms with van der Waals surface area (Å²) in [7, 11) is 0. The first-order valence-electron chi connectivity index (χ1n) is 4.97. The van der Waals surface area contributed by atoms with Gasteiger partial charge in [0.2, 0.25) is 0 Å². The second-order valence-corrected chi connectivity index (χ2v) is 3.92. The quantitative estimate of drug-likeness (QED) is 0.824. The molecule has 2 rings (SSSR count). The minimum absolute atomic E-state index is 0.515. The molecule has 82 valence electrons. The van der Waals surface area contributed by atoms with Crippen LogP contribution in [-0.4, -0.2) is 0 Å². The molecule has 0 fully saturated rings. The fourth-order valence-corrected chi connectivity index (χ4v) is 1.52. The molecule has 0 radical (unpaired) electrons. The van der Waals surface area contributed by atoms with Crippen LogP contribution in [0.2, 0.25) is 5.02 Å². The summed E-state index contributed by atoms with van der Waals surface area (Å²) in [5, 5.41) is 0.676. The molecule has 2 N–H and O–H groups in total. The third-order valence-electron chi connectivity index (χ3n) is 2.18. The summed E-state index contributed by atoms with van der Waals surface area (Å²) in [5.41, 5.74) is 7.43. The van der Waals surface area contributed by atoms with E-state index in [2.05, 4.69) is 0 Å². The number of anilines is 1. The molecular formula is C13H12ClNO. The molecule has 16 heavy (non-hydrogen) atoms. The molecule has 0 atom stereocenters. The van der Waals surface area contributed by atoms with Crippen molar-refractivity contribution in [3.8, 4) is 5.75 Å². The smallest absolute Gasteiger partial charge is 0.121 e. The molecule has 0 unspecified atom stereocenters. The van der Waals surface area contributed by atoms with Gasteiger partial charge in [-0.25, -0.2) is 0 Å². The number of rotatable bonds is 3. The average Bonchev–Trinajstić information content (AvgIpc) is 2.28. The molecule has 0 aromatic heterocycles. The van der Waals surface area contributed by atoms with Crippen molar-refractivity contribution in [3.05, 3.63) is 59.1 Å². The number of nitrogen functional groups attached to an aromatic ring is 1. The summed E-state index contributed by atoms with van der Waals surface area (Å²) >= 11 is 5.85. The molecule has 0 heterocycles. The Morgan fingerprint density at radius 1 is 1.06 bits per heavy atom. The Morgan fingerprint density at radius 3 is 2.50 bits per heavy atom. The van der Waals surface area contributed by atoms with Gasteiger partial charge in [-0.1, -0.05) is 29.8 Å². The zero-order valence-electron chi connectivity index (χ0n) is 8.69. The lowest BCUT2D eigenvalue weighted by atomic mass is 10.2. The monoisotopic (exact) mass is 233 g/mol. The Kier molecular flexibility index (Phi) is 3.32. The third kappa shape index (κ3) is 2.91. The molecule has 0 aliphatic heterocycles. The minimum Gasteiger partial charge on any atom is -0.489 e. The predicted molar refractivity (Wildman–Crippen MR) is 66.6 cm³/mol. The average molecular weight is 234 g/mol. The van der Waals surface area contributed by atoms with E-state index < -0.39 is 0 Å². The Bertz CT molecular complexity index is 468. The Labute approximate surface area is 99.6 Å². The molecule has 2 aromatic carbocycles. The normalized spacial score (nSPS) is 10.1. The maximum Gasteiger partial charge on any atom is 0.121 e. The van der Waals surface area contributed by atoms with E-state index >= 15 is 0 Å². The van der Waals surface area contributed by atoms with Gasteiger partial charge in [0, 0.05) is 10.7 Å². The molecule has 3 heteroatoms. The van der Waals surface area contributed by atoms with Gasteiger partial charge in [-0.05, 0) is 35.9 Å². The van der Waals surface area contributed by atoms with Crippen LogP contribution in [0.5, 0.6) is 5.75 Å². The Hall–Kier alpha value is -1.67. The number of hydrogen-bond donors (Lipinski definition) is 1. The first kappa shape index (κ1) is 10.8. The van der Waals surface area contributed by atoms with Crippen LogP contribution in [-0.2, 0) is 6.61 Å². The molecular weight excluding hydrogens is 222 g/mol. The fourth-order valence-electron chi connectivity index (χ4n) is 1.34. The summed E-state index contributed by atoms with van der Waals surface area (Å²) in [6, 6.07) is 15.0. The van der Waals surface area contributed by atoms with Crippen molar-refractivity contribution < 1.29 is 4.74 Å². The second kappa shape index (κ2) is 4.90. The van der Waals surface area contributed by atoms with Gasteiger partial charge in [-0.3, -0.25) is 0 Å². The Balaban J connectivity index is 1.99. The Morgan fingerprint density at radius 2 is 1.81 bits per heavy atom. The van der Waals surface area contributed by atoms with Crippen LogP contribution >= 0.6 is 11.6 Å². The van der Waals surface area contributed by atoms with Crippen molar-refractivity contribution >= 4 is 17.3 Å². The van der Waals surface area contributed by atoms with E-state index in [0.717, 1.165) is 17.0 Å². The lowest BCUT2D eigenvalue weighted by Crippen LogP contribution is -1.95. The summed E-state index contributed by atoms with van der Waals surface area (Å²) < 4.78 is 5.59. The van der Waals surface area contributed by atoms with E-state index in [-0.39, 0.29) is 0 Å². The fraction of sp³-hybridized carbons (Fsp3) is 0.0769. The minimum atomic E-state index is 0.515. The van der Waals surface area contributed by atoms with Crippen molar-refractivity contribution in [2.45, 2.75) is 6.61 Å². The van der Waals surface area contributed by atoms with Crippen molar-refractivity contribution in [1.82, 2.24) is 0 Å². The van der Waals surface area contributed by atoms with E-state index in [1.165, 1.54) is 0 Å². The van der Waals surface area contributed by atoms with Crippen LogP contribution in [0.1, 0.15) is 5.56 Å². The molecule has 0 saturated carbocycles. The number of hydrogen-bond acceptors (Lipinski definition) is 2. The van der Waals surface area contributed by atoms with Gasteiger partial charge in [-0.2, -0.15) is 0 Å². The van der Waals surface area contributed by atoms with Gasteiger partial charge in [-0.15, -0.1) is 0 Å². The van der Waals surface area contributed by atoms with Gasteiger partial charge in [0.05, 0.1) is 0 Å². The molecule has 0 amide bonds. The van der Waals surface area contributed by atoms with Crippen molar-refractivity contribution in [2.75, 3.05) is 5.73 Å². The SMILES string of the molecule is Nc1ccc(COc2cccc(Cl)c2)cc1. The third-order valence-corrected chi connectivity index (χ3v) is 2.42. The molecule has 0 spiro atoms. The number of ether oxygens (including phenoxy) is 1. The molecule has 0 saturated heterocycles. The van der Waals surface area contributed by atoms with Crippen LogP contribution in [0.15, 0.2) is 48.5 Å². The number of benzene rings is 2. The van der Waals surface area contributed by atoms with Crippen LogP contribution < -0.4 is 10.5 Å². The lowest BCUT2D eigenvalue weighted by Gasteiger charge is -2.06. The van der Waals surface area contributed by atoms with Crippen molar-refractivity contribution in [1.29, 1.82) is 0 Å². The van der Waals surface area contributed by atoms with Crippen molar-refractivity contribution in [2.24, 2.45) is 0 Å². The van der Waals surface area contributed by atoms with Crippen LogP contribution in [0.4, 0.5) is 5.69 Å². The standard InChI is InChI=1S/C13H12ClNO/c14-11-2-1-3-13(8-11)16-9-10-4-6-12(15)7-5-10/h1-8H,9,15H2. The van der Waals surface area contributed by atoms with E-state index in [0.29, 0.717) is 11.6 Å². The number of halogens is 1. The van der Waals surface area contributed by atoms with Crippen LogP contribution in [0.3, 0.4) is 0 Å². The highest BCUT2D eigenvalue weighted by Crippen LogP contribution is 2.18. The van der Waals surface area contributed by atoms with Gasteiger partial charge in [0.25, 0.3) is 0 Å². The number of nitrogens with two attached hydrogens (primary N) is 1. The van der Waals surface area contributed by atoms with E-state index in [1.807, 2.05) is 42.5 Å². The first-order valence-corrected chi connectivity index (χ1v) is 5.34. The zero-order valence-corrected chi connectivity index (χ0v) is 9.45. The van der Waals surface area contributed by atoms with Crippen LogP contribution in [0.25, 0.3) is 0 Å². The highest BCUT2D eigenvalue weighted by atomic mass is 35.5. The van der Waals surface area contributed by atoms with E-state index in [4.69, 9.17) is 22.1 Å². The molecule has 0 bridgehead atoms. The van der Waals surface area contributed by atoms with Crippen LogP contribution in [0, 0.1) is 0 Å². The summed E-state index contributed by atoms with van der Waals surface area (Å²) in [6.45, 7) is 0.515. The van der Waals surface area contributed by atoms with Crippen molar-refractivity contribution in [3.63, 3.8) is 0 Å². The summed E-state index contributed by atoms with van der Waals surface area (Å²) in [6.07, 6.45) is 0. The lowest BCUT2D eigenvalue weighted by molar-refractivity contribution is 0.306. The van der Waals surface area contributed by atoms with Gasteiger partial charge in [0.15, 0.2) is 0 Å². The molecule has 0 aliphatic carbocycles. The summed E-state index contributed by atoms with van der Waals surface area (Å²) in [4.78, 5) is 0. The molecule has 2 nitrogen and oxygen atoms in total. The highest BCUT2D eigenvalue weighted by molar-refractivity contribution is 6.30. The predicted octanol–water partition coefficient (Wildman–Crippen LogP) is 3.50. The van der Waals surface area contributed by atoms with Gasteiger partial charge >= 0.3 is 0 Å². The topological polar surface area (TPSA) is 35.2 Å². The maximum absolute atomic E-state index is 5.85.